The van der Waals surface area contributed by atoms with E-state index in [0.717, 1.165) is 11.1 Å². The second-order valence-corrected chi connectivity index (χ2v) is 4.68. The van der Waals surface area contributed by atoms with Crippen LogP contribution in [0.1, 0.15) is 5.82 Å². The van der Waals surface area contributed by atoms with E-state index in [9.17, 15) is 0 Å². The molecule has 3 rings (SSSR count). The minimum Gasteiger partial charge on any atom is -0.384 e. The number of methoxy groups -OCH3 is 1. The molecule has 1 aromatic heterocycles. The van der Waals surface area contributed by atoms with Gasteiger partial charge in [0.25, 0.3) is 0 Å². The number of aromatic nitrogens is 2. The summed E-state index contributed by atoms with van der Waals surface area (Å²) in [6, 6.07) is 16.0. The summed E-state index contributed by atoms with van der Waals surface area (Å²) in [7, 11) is 1.60. The van der Waals surface area contributed by atoms with Crippen LogP contribution in [-0.4, -0.2) is 17.1 Å². The van der Waals surface area contributed by atoms with Crippen molar-refractivity contribution in [3.63, 3.8) is 0 Å². The molecule has 3 aromatic rings. The molecular formula is C16H16N4O. The molecule has 0 fully saturated rings. The number of nitrogens with one attached hydrogen (secondary N) is 1. The van der Waals surface area contributed by atoms with E-state index < -0.39 is 0 Å². The zero-order valence-electron chi connectivity index (χ0n) is 11.7. The maximum absolute atomic E-state index is 5.81. The Labute approximate surface area is 122 Å². The molecule has 5 heteroatoms. The molecule has 0 atom stereocenters. The Kier molecular flexibility index (Phi) is 3.66. The molecule has 0 aliphatic rings. The molecule has 1 heterocycles. The molecule has 21 heavy (non-hydrogen) atoms. The van der Waals surface area contributed by atoms with Crippen LogP contribution in [0.5, 0.6) is 0 Å². The summed E-state index contributed by atoms with van der Waals surface area (Å²) in [5.74, 6) is 1.63. The van der Waals surface area contributed by atoms with Crippen molar-refractivity contribution in [3.05, 3.63) is 54.4 Å². The molecule has 0 aliphatic heterocycles. The van der Waals surface area contributed by atoms with Crippen molar-refractivity contribution in [3.8, 4) is 0 Å². The predicted molar refractivity (Wildman–Crippen MR) is 84.4 cm³/mol. The molecule has 0 spiro atoms. The fraction of sp³-hybridized carbons (Fsp3) is 0.125. The first-order chi connectivity index (χ1) is 10.3. The van der Waals surface area contributed by atoms with Crippen LogP contribution in [0.25, 0.3) is 10.8 Å². The van der Waals surface area contributed by atoms with Crippen molar-refractivity contribution in [2.24, 2.45) is 0 Å². The SMILES string of the molecule is COCc1nc(N)cc(Nc2cccc3ccccc23)n1. The van der Waals surface area contributed by atoms with Crippen molar-refractivity contribution >= 4 is 28.1 Å². The summed E-state index contributed by atoms with van der Waals surface area (Å²) in [5.41, 5.74) is 6.79. The van der Waals surface area contributed by atoms with Crippen LogP contribution >= 0.6 is 0 Å². The van der Waals surface area contributed by atoms with Crippen LogP contribution in [0.15, 0.2) is 48.5 Å². The van der Waals surface area contributed by atoms with E-state index >= 15 is 0 Å². The van der Waals surface area contributed by atoms with E-state index in [4.69, 9.17) is 10.5 Å². The van der Waals surface area contributed by atoms with Gasteiger partial charge in [-0.2, -0.15) is 0 Å². The second kappa shape index (κ2) is 5.76. The lowest BCUT2D eigenvalue weighted by Gasteiger charge is -2.10. The summed E-state index contributed by atoms with van der Waals surface area (Å²) >= 11 is 0. The maximum atomic E-state index is 5.81. The first-order valence-electron chi connectivity index (χ1n) is 6.63. The number of rotatable bonds is 4. The summed E-state index contributed by atoms with van der Waals surface area (Å²) in [6.07, 6.45) is 0. The summed E-state index contributed by atoms with van der Waals surface area (Å²) < 4.78 is 5.05. The molecule has 5 nitrogen and oxygen atoms in total. The quantitative estimate of drug-likeness (QED) is 0.768. The van der Waals surface area contributed by atoms with Gasteiger partial charge in [0.15, 0.2) is 5.82 Å². The highest BCUT2D eigenvalue weighted by Crippen LogP contribution is 2.26. The Balaban J connectivity index is 1.98. The van der Waals surface area contributed by atoms with Crippen LogP contribution in [0.3, 0.4) is 0 Å². The standard InChI is InChI=1S/C16H16N4O/c1-21-10-16-19-14(17)9-15(20-16)18-13-8-4-6-11-5-2-3-7-12(11)13/h2-9H,10H2,1H3,(H3,17,18,19,20). The number of ether oxygens (including phenoxy) is 1. The summed E-state index contributed by atoms with van der Waals surface area (Å²) in [5, 5.41) is 5.60. The van der Waals surface area contributed by atoms with Gasteiger partial charge in [-0.25, -0.2) is 9.97 Å². The number of benzene rings is 2. The third-order valence-corrected chi connectivity index (χ3v) is 3.12. The lowest BCUT2D eigenvalue weighted by molar-refractivity contribution is 0.178. The van der Waals surface area contributed by atoms with Crippen molar-refractivity contribution < 1.29 is 4.74 Å². The lowest BCUT2D eigenvalue weighted by atomic mass is 10.1. The van der Waals surface area contributed by atoms with Crippen molar-refractivity contribution in [2.45, 2.75) is 6.61 Å². The molecule has 0 amide bonds. The Hall–Kier alpha value is -2.66. The highest BCUT2D eigenvalue weighted by atomic mass is 16.5. The van der Waals surface area contributed by atoms with Crippen LogP contribution in [0.2, 0.25) is 0 Å². The highest BCUT2D eigenvalue weighted by Gasteiger charge is 2.05. The molecule has 0 radical (unpaired) electrons. The van der Waals surface area contributed by atoms with E-state index in [1.54, 1.807) is 13.2 Å². The van der Waals surface area contributed by atoms with Gasteiger partial charge in [-0.3, -0.25) is 0 Å². The largest absolute Gasteiger partial charge is 0.384 e. The Morgan fingerprint density at radius 1 is 1.10 bits per heavy atom. The molecule has 3 N–H and O–H groups in total. The van der Waals surface area contributed by atoms with Crippen LogP contribution in [-0.2, 0) is 11.3 Å². The monoisotopic (exact) mass is 280 g/mol. The number of nitrogens with zero attached hydrogens (tertiary/aromatic N) is 2. The van der Waals surface area contributed by atoms with Gasteiger partial charge in [0.05, 0.1) is 0 Å². The molecule has 2 aromatic carbocycles. The Morgan fingerprint density at radius 2 is 1.90 bits per heavy atom. The lowest BCUT2D eigenvalue weighted by Crippen LogP contribution is -2.04. The number of nitrogens with two attached hydrogens (primary N) is 1. The van der Waals surface area contributed by atoms with E-state index in [0.29, 0.717) is 24.1 Å². The topological polar surface area (TPSA) is 73.1 Å². The molecule has 0 saturated heterocycles. The minimum atomic E-state index is 0.329. The number of fused-ring (bicyclic) bond motifs is 1. The van der Waals surface area contributed by atoms with E-state index in [1.807, 2.05) is 24.3 Å². The predicted octanol–water partition coefficient (Wildman–Crippen LogP) is 3.10. The van der Waals surface area contributed by atoms with Crippen LogP contribution in [0.4, 0.5) is 17.3 Å². The van der Waals surface area contributed by atoms with Gasteiger partial charge in [0, 0.05) is 24.2 Å². The third kappa shape index (κ3) is 2.93. The van der Waals surface area contributed by atoms with Crippen molar-refractivity contribution in [1.29, 1.82) is 0 Å². The maximum Gasteiger partial charge on any atom is 0.158 e. The van der Waals surface area contributed by atoms with Crippen molar-refractivity contribution in [2.75, 3.05) is 18.2 Å². The molecule has 0 bridgehead atoms. The smallest absolute Gasteiger partial charge is 0.158 e. The van der Waals surface area contributed by atoms with Gasteiger partial charge in [0.1, 0.15) is 18.2 Å². The first-order valence-corrected chi connectivity index (χ1v) is 6.63. The minimum absolute atomic E-state index is 0.329. The molecule has 0 saturated carbocycles. The molecular weight excluding hydrogens is 264 g/mol. The number of hydrogen-bond acceptors (Lipinski definition) is 5. The zero-order chi connectivity index (χ0) is 14.7. The van der Waals surface area contributed by atoms with E-state index in [2.05, 4.69) is 33.5 Å². The fourth-order valence-corrected chi connectivity index (χ4v) is 2.25. The van der Waals surface area contributed by atoms with Gasteiger partial charge < -0.3 is 15.8 Å². The fourth-order valence-electron chi connectivity index (χ4n) is 2.25. The molecule has 0 unspecified atom stereocenters. The number of hydrogen-bond donors (Lipinski definition) is 2. The molecule has 106 valence electrons. The number of anilines is 3. The van der Waals surface area contributed by atoms with E-state index in [-0.39, 0.29) is 0 Å². The highest BCUT2D eigenvalue weighted by molar-refractivity contribution is 5.95. The molecule has 0 aliphatic carbocycles. The Morgan fingerprint density at radius 3 is 2.76 bits per heavy atom. The van der Waals surface area contributed by atoms with Crippen LogP contribution in [0, 0.1) is 0 Å². The van der Waals surface area contributed by atoms with Gasteiger partial charge in [0.2, 0.25) is 0 Å². The first kappa shape index (κ1) is 13.3. The second-order valence-electron chi connectivity index (χ2n) is 4.68. The van der Waals surface area contributed by atoms with Crippen LogP contribution < -0.4 is 11.1 Å². The van der Waals surface area contributed by atoms with Gasteiger partial charge in [-0.1, -0.05) is 36.4 Å². The zero-order valence-corrected chi connectivity index (χ0v) is 11.7. The average Bonchev–Trinajstić information content (AvgIpc) is 2.47. The number of nitrogen functional groups attached to an aromatic ring is 1. The third-order valence-electron chi connectivity index (χ3n) is 3.12. The average molecular weight is 280 g/mol. The normalized spacial score (nSPS) is 10.7. The van der Waals surface area contributed by atoms with Gasteiger partial charge in [-0.05, 0) is 11.5 Å². The summed E-state index contributed by atoms with van der Waals surface area (Å²) in [6.45, 7) is 0.329. The van der Waals surface area contributed by atoms with E-state index in [1.165, 1.54) is 5.39 Å². The van der Waals surface area contributed by atoms with Gasteiger partial charge >= 0.3 is 0 Å². The Bertz CT molecular complexity index is 768. The summed E-state index contributed by atoms with van der Waals surface area (Å²) in [4.78, 5) is 8.53. The van der Waals surface area contributed by atoms with Gasteiger partial charge in [-0.15, -0.1) is 0 Å². The van der Waals surface area contributed by atoms with Crippen molar-refractivity contribution in [1.82, 2.24) is 9.97 Å².